The summed E-state index contributed by atoms with van der Waals surface area (Å²) in [7, 11) is 0. The quantitative estimate of drug-likeness (QED) is 0.801. The number of rotatable bonds is 1. The summed E-state index contributed by atoms with van der Waals surface area (Å²) in [5.41, 5.74) is 5.90. The molecule has 1 aliphatic rings. The minimum Gasteiger partial charge on any atom is -0.383 e. The molecule has 1 fully saturated rings. The zero-order chi connectivity index (χ0) is 11.0. The summed E-state index contributed by atoms with van der Waals surface area (Å²) in [6.45, 7) is 4.58. The number of anilines is 1. The predicted molar refractivity (Wildman–Crippen MR) is 62.9 cm³/mol. The Labute approximate surface area is 95.6 Å². The molecule has 1 aromatic heterocycles. The topological polar surface area (TPSA) is 43.8 Å². The van der Waals surface area contributed by atoms with Gasteiger partial charge in [0.1, 0.15) is 10.8 Å². The van der Waals surface area contributed by atoms with Gasteiger partial charge in [-0.1, -0.05) is 25.4 Å². The van der Waals surface area contributed by atoms with Gasteiger partial charge < -0.3 is 5.73 Å². The highest BCUT2D eigenvalue weighted by atomic mass is 35.5. The molecule has 0 spiro atoms. The first-order valence-corrected chi connectivity index (χ1v) is 5.96. The highest BCUT2D eigenvalue weighted by Gasteiger charge is 2.28. The molecule has 0 saturated heterocycles. The van der Waals surface area contributed by atoms with Crippen LogP contribution < -0.4 is 5.73 Å². The highest BCUT2D eigenvalue weighted by Crippen LogP contribution is 2.38. The van der Waals surface area contributed by atoms with Crippen LogP contribution >= 0.6 is 11.6 Å². The van der Waals surface area contributed by atoms with Crippen LogP contribution in [0.3, 0.4) is 0 Å². The Hall–Kier alpha value is -0.700. The van der Waals surface area contributed by atoms with E-state index in [1.165, 1.54) is 12.8 Å². The summed E-state index contributed by atoms with van der Waals surface area (Å²) < 4.78 is 1.90. The van der Waals surface area contributed by atoms with E-state index < -0.39 is 0 Å². The van der Waals surface area contributed by atoms with Gasteiger partial charge in [0.15, 0.2) is 0 Å². The van der Waals surface area contributed by atoms with Crippen LogP contribution in [0.4, 0.5) is 5.82 Å². The van der Waals surface area contributed by atoms with Crippen LogP contribution in [0.1, 0.15) is 39.2 Å². The van der Waals surface area contributed by atoms with Crippen LogP contribution in [0, 0.1) is 11.8 Å². The molecule has 0 aliphatic heterocycles. The molecule has 0 bridgehead atoms. The standard InChI is InChI=1S/C11H18ClN3/c1-7-3-4-10(8(2)5-7)15-11(13)9(12)6-14-15/h6-8,10H,3-5,13H2,1-2H3. The van der Waals surface area contributed by atoms with Crippen molar-refractivity contribution in [2.45, 2.75) is 39.2 Å². The molecule has 4 heteroatoms. The lowest BCUT2D eigenvalue weighted by Gasteiger charge is -2.33. The SMILES string of the molecule is CC1CCC(n2ncc(Cl)c2N)C(C)C1. The number of hydrogen-bond acceptors (Lipinski definition) is 2. The first-order chi connectivity index (χ1) is 7.09. The van der Waals surface area contributed by atoms with Crippen molar-refractivity contribution < 1.29 is 0 Å². The van der Waals surface area contributed by atoms with Gasteiger partial charge in [0.25, 0.3) is 0 Å². The Kier molecular flexibility index (Phi) is 2.91. The fourth-order valence-corrected chi connectivity index (χ4v) is 2.76. The van der Waals surface area contributed by atoms with Gasteiger partial charge in [-0.25, -0.2) is 4.68 Å². The van der Waals surface area contributed by atoms with Crippen LogP contribution in [-0.2, 0) is 0 Å². The van der Waals surface area contributed by atoms with Crippen LogP contribution in [0.15, 0.2) is 6.20 Å². The van der Waals surface area contributed by atoms with Gasteiger partial charge in [-0.2, -0.15) is 5.10 Å². The molecule has 84 valence electrons. The summed E-state index contributed by atoms with van der Waals surface area (Å²) >= 11 is 5.92. The highest BCUT2D eigenvalue weighted by molar-refractivity contribution is 6.32. The molecule has 0 radical (unpaired) electrons. The fraction of sp³-hybridized carbons (Fsp3) is 0.727. The van der Waals surface area contributed by atoms with Gasteiger partial charge in [0.2, 0.25) is 0 Å². The summed E-state index contributed by atoms with van der Waals surface area (Å²) in [5.74, 6) is 2.07. The zero-order valence-electron chi connectivity index (χ0n) is 9.28. The normalized spacial score (nSPS) is 31.8. The summed E-state index contributed by atoms with van der Waals surface area (Å²) in [6.07, 6.45) is 5.31. The van der Waals surface area contributed by atoms with Crippen molar-refractivity contribution >= 4 is 17.4 Å². The molecule has 2 N–H and O–H groups in total. The Morgan fingerprint density at radius 2 is 2.20 bits per heavy atom. The number of halogens is 1. The molecular weight excluding hydrogens is 210 g/mol. The van der Waals surface area contributed by atoms with E-state index in [9.17, 15) is 0 Å². The predicted octanol–water partition coefficient (Wildman–Crippen LogP) is 3.12. The van der Waals surface area contributed by atoms with Crippen molar-refractivity contribution in [3.05, 3.63) is 11.2 Å². The fourth-order valence-electron chi connectivity index (χ4n) is 2.63. The largest absolute Gasteiger partial charge is 0.383 e. The third-order valence-electron chi connectivity index (χ3n) is 3.49. The van der Waals surface area contributed by atoms with E-state index >= 15 is 0 Å². The average molecular weight is 228 g/mol. The Bertz CT molecular complexity index is 348. The lowest BCUT2D eigenvalue weighted by atomic mass is 9.80. The van der Waals surface area contributed by atoms with Crippen molar-refractivity contribution in [1.29, 1.82) is 0 Å². The number of nitrogen functional groups attached to an aromatic ring is 1. The molecular formula is C11H18ClN3. The molecule has 1 aliphatic carbocycles. The van der Waals surface area contributed by atoms with Gasteiger partial charge >= 0.3 is 0 Å². The monoisotopic (exact) mass is 227 g/mol. The van der Waals surface area contributed by atoms with E-state index in [-0.39, 0.29) is 0 Å². The molecule has 0 aromatic carbocycles. The van der Waals surface area contributed by atoms with E-state index in [0.717, 1.165) is 12.3 Å². The first kappa shape index (κ1) is 10.8. The number of aromatic nitrogens is 2. The maximum Gasteiger partial charge on any atom is 0.140 e. The van der Waals surface area contributed by atoms with Gasteiger partial charge in [-0.3, -0.25) is 0 Å². The molecule has 3 unspecified atom stereocenters. The third-order valence-corrected chi connectivity index (χ3v) is 3.78. The van der Waals surface area contributed by atoms with Gasteiger partial charge in [0.05, 0.1) is 12.2 Å². The van der Waals surface area contributed by atoms with Crippen molar-refractivity contribution in [1.82, 2.24) is 9.78 Å². The van der Waals surface area contributed by atoms with Gasteiger partial charge in [-0.05, 0) is 31.1 Å². The van der Waals surface area contributed by atoms with Crippen LogP contribution in [-0.4, -0.2) is 9.78 Å². The zero-order valence-corrected chi connectivity index (χ0v) is 10.0. The Morgan fingerprint density at radius 1 is 1.47 bits per heavy atom. The first-order valence-electron chi connectivity index (χ1n) is 5.58. The summed E-state index contributed by atoms with van der Waals surface area (Å²) in [5, 5.41) is 4.84. The van der Waals surface area contributed by atoms with Crippen molar-refractivity contribution in [2.24, 2.45) is 11.8 Å². The molecule has 0 amide bonds. The van der Waals surface area contributed by atoms with E-state index in [2.05, 4.69) is 18.9 Å². The number of nitrogens with two attached hydrogens (primary N) is 1. The second-order valence-corrected chi connectivity index (χ2v) is 5.19. The lowest BCUT2D eigenvalue weighted by molar-refractivity contribution is 0.197. The van der Waals surface area contributed by atoms with E-state index in [1.807, 2.05) is 4.68 Å². The maximum absolute atomic E-state index is 5.92. The molecule has 3 nitrogen and oxygen atoms in total. The maximum atomic E-state index is 5.92. The van der Waals surface area contributed by atoms with Crippen molar-refractivity contribution in [3.63, 3.8) is 0 Å². The average Bonchev–Trinajstić information content (AvgIpc) is 2.49. The van der Waals surface area contributed by atoms with E-state index in [0.29, 0.717) is 22.8 Å². The van der Waals surface area contributed by atoms with Crippen LogP contribution in [0.25, 0.3) is 0 Å². The Balaban J connectivity index is 2.20. The third kappa shape index (κ3) is 1.98. The van der Waals surface area contributed by atoms with Gasteiger partial charge in [0, 0.05) is 0 Å². The van der Waals surface area contributed by atoms with Crippen molar-refractivity contribution in [2.75, 3.05) is 5.73 Å². The minimum atomic E-state index is 0.425. The number of hydrogen-bond donors (Lipinski definition) is 1. The minimum absolute atomic E-state index is 0.425. The molecule has 1 heterocycles. The van der Waals surface area contributed by atoms with Crippen LogP contribution in [0.2, 0.25) is 5.02 Å². The van der Waals surface area contributed by atoms with E-state index in [1.54, 1.807) is 6.20 Å². The molecule has 3 atom stereocenters. The van der Waals surface area contributed by atoms with Crippen LogP contribution in [0.5, 0.6) is 0 Å². The van der Waals surface area contributed by atoms with Gasteiger partial charge in [-0.15, -0.1) is 0 Å². The summed E-state index contributed by atoms with van der Waals surface area (Å²) in [4.78, 5) is 0. The summed E-state index contributed by atoms with van der Waals surface area (Å²) in [6, 6.07) is 0.425. The molecule has 15 heavy (non-hydrogen) atoms. The Morgan fingerprint density at radius 3 is 2.73 bits per heavy atom. The van der Waals surface area contributed by atoms with E-state index in [4.69, 9.17) is 17.3 Å². The smallest absolute Gasteiger partial charge is 0.140 e. The molecule has 1 aromatic rings. The second-order valence-electron chi connectivity index (χ2n) is 4.79. The van der Waals surface area contributed by atoms with Crippen molar-refractivity contribution in [3.8, 4) is 0 Å². The molecule has 1 saturated carbocycles. The number of nitrogens with zero attached hydrogens (tertiary/aromatic N) is 2. The second kappa shape index (κ2) is 4.05. The molecule has 2 rings (SSSR count). The lowest BCUT2D eigenvalue weighted by Crippen LogP contribution is -2.26.